The van der Waals surface area contributed by atoms with Crippen molar-refractivity contribution >= 4 is 29.2 Å². The van der Waals surface area contributed by atoms with E-state index in [-0.39, 0.29) is 45.2 Å². The van der Waals surface area contributed by atoms with Crippen molar-refractivity contribution in [1.82, 2.24) is 14.8 Å². The predicted molar refractivity (Wildman–Crippen MR) is 123 cm³/mol. The molecule has 2 aromatic carbocycles. The van der Waals surface area contributed by atoms with Crippen molar-refractivity contribution in [1.29, 1.82) is 0 Å². The number of benzene rings is 2. The molecule has 0 bridgehead atoms. The molecule has 0 unspecified atom stereocenters. The van der Waals surface area contributed by atoms with Gasteiger partial charge in [-0.2, -0.15) is 13.2 Å². The SMILES string of the molecule is CCOC(=O)C[C@H]1O[C@H](c2cc(Cl)cc(OC)c2OC)c2cc(Cl)ccc2-n2c1nnc2C(F)(F)F. The third-order valence-corrected chi connectivity index (χ3v) is 5.91. The Morgan fingerprint density at radius 3 is 2.44 bits per heavy atom. The van der Waals surface area contributed by atoms with Gasteiger partial charge in [-0.3, -0.25) is 9.36 Å². The zero-order valence-electron chi connectivity index (χ0n) is 19.2. The van der Waals surface area contributed by atoms with Crippen LogP contribution in [0.1, 0.15) is 48.3 Å². The van der Waals surface area contributed by atoms with E-state index in [1.807, 2.05) is 0 Å². The highest BCUT2D eigenvalue weighted by atomic mass is 35.5. The van der Waals surface area contributed by atoms with Gasteiger partial charge in [-0.1, -0.05) is 23.2 Å². The molecule has 0 radical (unpaired) electrons. The topological polar surface area (TPSA) is 84.7 Å². The minimum absolute atomic E-state index is 0.0593. The molecule has 0 saturated carbocycles. The second kappa shape index (κ2) is 10.2. The summed E-state index contributed by atoms with van der Waals surface area (Å²) in [6.45, 7) is 1.69. The lowest BCUT2D eigenvalue weighted by Gasteiger charge is -2.25. The van der Waals surface area contributed by atoms with Gasteiger partial charge < -0.3 is 18.9 Å². The molecule has 0 amide bonds. The summed E-state index contributed by atoms with van der Waals surface area (Å²) in [5, 5.41) is 7.63. The van der Waals surface area contributed by atoms with Gasteiger partial charge in [0.25, 0.3) is 0 Å². The third-order valence-electron chi connectivity index (χ3n) is 5.46. The summed E-state index contributed by atoms with van der Waals surface area (Å²) in [6.07, 6.45) is -7.66. The van der Waals surface area contributed by atoms with Gasteiger partial charge in [0.2, 0.25) is 5.82 Å². The summed E-state index contributed by atoms with van der Waals surface area (Å²) in [5.41, 5.74) is 0.638. The van der Waals surface area contributed by atoms with Crippen molar-refractivity contribution in [2.75, 3.05) is 20.8 Å². The number of esters is 1. The zero-order valence-corrected chi connectivity index (χ0v) is 20.7. The Kier molecular flexibility index (Phi) is 7.35. The lowest BCUT2D eigenvalue weighted by molar-refractivity contribution is -0.147. The number of aromatic nitrogens is 3. The van der Waals surface area contributed by atoms with Gasteiger partial charge >= 0.3 is 12.1 Å². The van der Waals surface area contributed by atoms with E-state index in [0.29, 0.717) is 5.56 Å². The number of fused-ring (bicyclic) bond motifs is 3. The molecule has 4 rings (SSSR count). The Bertz CT molecular complexity index is 1300. The van der Waals surface area contributed by atoms with Crippen LogP contribution in [0.2, 0.25) is 10.0 Å². The van der Waals surface area contributed by atoms with E-state index in [1.54, 1.807) is 6.92 Å². The summed E-state index contributed by atoms with van der Waals surface area (Å²) in [5.74, 6) is -1.69. The van der Waals surface area contributed by atoms with Crippen LogP contribution in [0, 0.1) is 0 Å². The van der Waals surface area contributed by atoms with Crippen molar-refractivity contribution in [3.63, 3.8) is 0 Å². The number of alkyl halides is 3. The molecule has 2 atom stereocenters. The second-order valence-electron chi connectivity index (χ2n) is 7.66. The predicted octanol–water partition coefficient (Wildman–Crippen LogP) is 5.72. The number of carbonyl (C=O) groups excluding carboxylic acids is 1. The molecule has 13 heteroatoms. The average molecular weight is 546 g/mol. The molecular weight excluding hydrogens is 526 g/mol. The highest BCUT2D eigenvalue weighted by Crippen LogP contribution is 2.48. The van der Waals surface area contributed by atoms with Crippen molar-refractivity contribution in [2.24, 2.45) is 0 Å². The smallest absolute Gasteiger partial charge is 0.452 e. The first kappa shape index (κ1) is 26.1. The van der Waals surface area contributed by atoms with Crippen molar-refractivity contribution < 1.29 is 36.9 Å². The van der Waals surface area contributed by atoms with Crippen LogP contribution >= 0.6 is 23.2 Å². The Hall–Kier alpha value is -3.02. The van der Waals surface area contributed by atoms with Crippen molar-refractivity contribution in [2.45, 2.75) is 31.7 Å². The second-order valence-corrected chi connectivity index (χ2v) is 8.54. The van der Waals surface area contributed by atoms with Gasteiger partial charge in [0, 0.05) is 27.2 Å². The van der Waals surface area contributed by atoms with Crippen LogP contribution in [0.4, 0.5) is 13.2 Å². The highest BCUT2D eigenvalue weighted by molar-refractivity contribution is 6.31. The number of methoxy groups -OCH3 is 2. The fourth-order valence-electron chi connectivity index (χ4n) is 4.07. The van der Waals surface area contributed by atoms with Gasteiger partial charge in [-0.15, -0.1) is 10.2 Å². The van der Waals surface area contributed by atoms with Crippen LogP contribution in [0.25, 0.3) is 5.69 Å². The van der Waals surface area contributed by atoms with E-state index in [4.69, 9.17) is 42.1 Å². The fraction of sp³-hybridized carbons (Fsp3) is 0.348. The van der Waals surface area contributed by atoms with Crippen LogP contribution in [-0.2, 0) is 20.4 Å². The largest absolute Gasteiger partial charge is 0.493 e. The average Bonchev–Trinajstić information content (AvgIpc) is 3.22. The Labute approximate surface area is 213 Å². The van der Waals surface area contributed by atoms with Crippen LogP contribution in [0.3, 0.4) is 0 Å². The summed E-state index contributed by atoms with van der Waals surface area (Å²) in [6, 6.07) is 7.36. The normalized spacial score (nSPS) is 17.1. The molecule has 0 aliphatic carbocycles. The van der Waals surface area contributed by atoms with Crippen LogP contribution in [0.15, 0.2) is 30.3 Å². The molecule has 36 heavy (non-hydrogen) atoms. The number of hydrogen-bond donors (Lipinski definition) is 0. The van der Waals surface area contributed by atoms with E-state index in [9.17, 15) is 18.0 Å². The van der Waals surface area contributed by atoms with Crippen molar-refractivity contribution in [3.8, 4) is 17.2 Å². The summed E-state index contributed by atoms with van der Waals surface area (Å²) in [7, 11) is 2.81. The lowest BCUT2D eigenvalue weighted by atomic mass is 9.98. The fourth-order valence-corrected chi connectivity index (χ4v) is 4.47. The van der Waals surface area contributed by atoms with Crippen LogP contribution in [-0.4, -0.2) is 41.6 Å². The molecule has 1 aromatic heterocycles. The van der Waals surface area contributed by atoms with E-state index < -0.39 is 36.6 Å². The first-order valence-corrected chi connectivity index (χ1v) is 11.4. The lowest BCUT2D eigenvalue weighted by Crippen LogP contribution is -2.18. The molecule has 0 N–H and O–H groups in total. The molecule has 192 valence electrons. The highest BCUT2D eigenvalue weighted by Gasteiger charge is 2.44. The van der Waals surface area contributed by atoms with Gasteiger partial charge in [0.15, 0.2) is 17.3 Å². The zero-order chi connectivity index (χ0) is 26.2. The third kappa shape index (κ3) is 4.82. The van der Waals surface area contributed by atoms with Crippen LogP contribution in [0.5, 0.6) is 11.5 Å². The molecule has 1 aliphatic heterocycles. The first-order chi connectivity index (χ1) is 17.1. The van der Waals surface area contributed by atoms with E-state index in [1.165, 1.54) is 44.6 Å². The van der Waals surface area contributed by atoms with Crippen LogP contribution < -0.4 is 9.47 Å². The number of rotatable bonds is 6. The van der Waals surface area contributed by atoms with E-state index >= 15 is 0 Å². The molecule has 0 fully saturated rings. The monoisotopic (exact) mass is 545 g/mol. The molecule has 0 spiro atoms. The van der Waals surface area contributed by atoms with E-state index in [2.05, 4.69) is 10.2 Å². The summed E-state index contributed by atoms with van der Waals surface area (Å²) < 4.78 is 65.0. The Morgan fingerprint density at radius 2 is 1.81 bits per heavy atom. The first-order valence-electron chi connectivity index (χ1n) is 10.6. The minimum Gasteiger partial charge on any atom is -0.493 e. The molecule has 8 nitrogen and oxygen atoms in total. The maximum Gasteiger partial charge on any atom is 0.452 e. The van der Waals surface area contributed by atoms with E-state index in [0.717, 1.165) is 4.57 Å². The molecule has 2 heterocycles. The quantitative estimate of drug-likeness (QED) is 0.366. The molecular formula is C23H20Cl2F3N3O5. The number of carbonyl (C=O) groups is 1. The van der Waals surface area contributed by atoms with Gasteiger partial charge in [0.05, 0.1) is 32.9 Å². The Balaban J connectivity index is 2.02. The molecule has 1 aliphatic rings. The number of nitrogens with zero attached hydrogens (tertiary/aromatic N) is 3. The molecule has 3 aromatic rings. The minimum atomic E-state index is -4.85. The number of hydrogen-bond acceptors (Lipinski definition) is 7. The van der Waals surface area contributed by atoms with Gasteiger partial charge in [-0.05, 0) is 31.2 Å². The summed E-state index contributed by atoms with van der Waals surface area (Å²) >= 11 is 12.6. The van der Waals surface area contributed by atoms with Gasteiger partial charge in [0.1, 0.15) is 12.2 Å². The maximum atomic E-state index is 14.0. The number of halogens is 5. The van der Waals surface area contributed by atoms with Crippen molar-refractivity contribution in [3.05, 3.63) is 63.2 Å². The summed E-state index contributed by atoms with van der Waals surface area (Å²) in [4.78, 5) is 12.4. The molecule has 0 saturated heterocycles. The standard InChI is InChI=1S/C23H20Cl2F3N3O5/c1-4-35-18(32)10-17-21-29-30-22(23(26,27)28)31(21)15-6-5-11(24)7-13(15)19(36-17)14-8-12(25)9-16(33-2)20(14)34-3/h5-9,17,19H,4,10H2,1-3H3/t17-,19+/m1/s1. The maximum absolute atomic E-state index is 14.0. The number of ether oxygens (including phenoxy) is 4. The Morgan fingerprint density at radius 1 is 1.08 bits per heavy atom. The van der Waals surface area contributed by atoms with Gasteiger partial charge in [-0.25, -0.2) is 0 Å².